The molecular weight excluding hydrogens is 458 g/mol. The first-order valence-corrected chi connectivity index (χ1v) is 9.70. The average Bonchev–Trinajstić information content (AvgIpc) is 2.67. The van der Waals surface area contributed by atoms with Gasteiger partial charge in [0.05, 0.1) is 19.3 Å². The van der Waals surface area contributed by atoms with Crippen molar-refractivity contribution in [2.45, 2.75) is 25.8 Å². The number of ether oxygens (including phenoxy) is 1. The van der Waals surface area contributed by atoms with Gasteiger partial charge in [-0.1, -0.05) is 19.1 Å². The van der Waals surface area contributed by atoms with Crippen LogP contribution in [0.4, 0.5) is 4.39 Å². The molecule has 0 radical (unpaired) electrons. The Morgan fingerprint density at radius 1 is 1.26 bits per heavy atom. The van der Waals surface area contributed by atoms with Crippen LogP contribution >= 0.6 is 24.0 Å². The quantitative estimate of drug-likeness (QED) is 0.400. The Hall–Kier alpha value is -0.930. The summed E-state index contributed by atoms with van der Waals surface area (Å²) in [5.41, 5.74) is 1.13. The van der Waals surface area contributed by atoms with Crippen molar-refractivity contribution >= 4 is 29.9 Å². The number of nitrogens with zero attached hydrogens (tertiary/aromatic N) is 3. The van der Waals surface area contributed by atoms with Crippen LogP contribution in [-0.2, 0) is 4.74 Å². The Labute approximate surface area is 179 Å². The van der Waals surface area contributed by atoms with E-state index in [1.807, 2.05) is 19.2 Å². The summed E-state index contributed by atoms with van der Waals surface area (Å²) in [6.07, 6.45) is 2.51. The third kappa shape index (κ3) is 6.29. The summed E-state index contributed by atoms with van der Waals surface area (Å²) in [5.74, 6) is 1.48. The number of halogens is 2. The van der Waals surface area contributed by atoms with Crippen molar-refractivity contribution in [2.24, 2.45) is 10.9 Å². The van der Waals surface area contributed by atoms with E-state index in [0.717, 1.165) is 57.5 Å². The topological polar surface area (TPSA) is 40.1 Å². The van der Waals surface area contributed by atoms with Crippen LogP contribution in [0, 0.1) is 11.7 Å². The number of piperidine rings is 1. The minimum Gasteiger partial charge on any atom is -0.379 e. The predicted molar refractivity (Wildman–Crippen MR) is 118 cm³/mol. The number of nitrogens with one attached hydrogen (secondary N) is 1. The van der Waals surface area contributed by atoms with Gasteiger partial charge in [-0.3, -0.25) is 9.89 Å². The lowest BCUT2D eigenvalue weighted by atomic mass is 10.0. The first-order chi connectivity index (χ1) is 12.7. The number of hydrogen-bond donors (Lipinski definition) is 1. The Balaban J connectivity index is 0.00000261. The number of guanidine groups is 1. The molecule has 27 heavy (non-hydrogen) atoms. The Morgan fingerprint density at radius 3 is 2.59 bits per heavy atom. The number of morpholine rings is 1. The molecule has 5 nitrogen and oxygen atoms in total. The molecule has 0 aliphatic carbocycles. The normalized spacial score (nSPS) is 22.9. The molecule has 0 bridgehead atoms. The summed E-state index contributed by atoms with van der Waals surface area (Å²) in [5, 5.41) is 3.57. The molecule has 7 heteroatoms. The number of hydrogen-bond acceptors (Lipinski definition) is 3. The highest BCUT2D eigenvalue weighted by atomic mass is 127. The van der Waals surface area contributed by atoms with Crippen molar-refractivity contribution in [1.82, 2.24) is 15.1 Å². The molecule has 0 aromatic heterocycles. The van der Waals surface area contributed by atoms with E-state index >= 15 is 0 Å². The standard InChI is InChI=1S/C20H31FN4O.HI/c1-16-4-3-9-25(15-16)20(22-2)23-14-19(24-10-12-26-13-11-24)17-5-7-18(21)8-6-17;/h5-8,16,19H,3-4,9-15H2,1-2H3,(H,22,23);1H. The van der Waals surface area contributed by atoms with E-state index < -0.39 is 0 Å². The largest absolute Gasteiger partial charge is 0.379 e. The lowest BCUT2D eigenvalue weighted by Crippen LogP contribution is -2.49. The molecule has 1 aromatic carbocycles. The molecule has 152 valence electrons. The van der Waals surface area contributed by atoms with Crippen LogP contribution in [0.1, 0.15) is 31.4 Å². The van der Waals surface area contributed by atoms with Gasteiger partial charge in [0, 0.05) is 39.8 Å². The summed E-state index contributed by atoms with van der Waals surface area (Å²) < 4.78 is 18.9. The van der Waals surface area contributed by atoms with E-state index in [4.69, 9.17) is 4.74 Å². The number of aliphatic imine (C=N–C) groups is 1. The van der Waals surface area contributed by atoms with E-state index in [2.05, 4.69) is 27.0 Å². The molecule has 1 aromatic rings. The number of benzene rings is 1. The van der Waals surface area contributed by atoms with Gasteiger partial charge in [-0.25, -0.2) is 4.39 Å². The first-order valence-electron chi connectivity index (χ1n) is 9.70. The zero-order valence-corrected chi connectivity index (χ0v) is 18.7. The minimum atomic E-state index is -0.194. The van der Waals surface area contributed by atoms with Crippen molar-refractivity contribution in [3.63, 3.8) is 0 Å². The van der Waals surface area contributed by atoms with Gasteiger partial charge in [0.1, 0.15) is 5.82 Å². The van der Waals surface area contributed by atoms with Crippen LogP contribution in [0.15, 0.2) is 29.3 Å². The smallest absolute Gasteiger partial charge is 0.193 e. The summed E-state index contributed by atoms with van der Waals surface area (Å²) in [4.78, 5) is 9.27. The highest BCUT2D eigenvalue weighted by Crippen LogP contribution is 2.22. The van der Waals surface area contributed by atoms with Gasteiger partial charge >= 0.3 is 0 Å². The first kappa shape index (κ1) is 22.4. The molecule has 2 atom stereocenters. The SMILES string of the molecule is CN=C(NCC(c1ccc(F)cc1)N1CCOCC1)N1CCCC(C)C1.I. The summed E-state index contributed by atoms with van der Waals surface area (Å²) >= 11 is 0. The molecule has 0 saturated carbocycles. The van der Waals surface area contributed by atoms with Crippen molar-refractivity contribution in [1.29, 1.82) is 0 Å². The zero-order valence-electron chi connectivity index (χ0n) is 16.4. The molecule has 2 unspecified atom stereocenters. The van der Waals surface area contributed by atoms with Gasteiger partial charge in [0.15, 0.2) is 5.96 Å². The molecular formula is C20H32FIN4O. The molecule has 2 fully saturated rings. The molecule has 2 aliphatic heterocycles. The van der Waals surface area contributed by atoms with E-state index in [1.165, 1.54) is 12.8 Å². The Bertz CT molecular complexity index is 592. The fourth-order valence-corrected chi connectivity index (χ4v) is 3.93. The molecule has 2 aliphatic rings. The van der Waals surface area contributed by atoms with Crippen LogP contribution in [0.5, 0.6) is 0 Å². The number of likely N-dealkylation sites (tertiary alicyclic amines) is 1. The van der Waals surface area contributed by atoms with Gasteiger partial charge in [0.25, 0.3) is 0 Å². The van der Waals surface area contributed by atoms with Crippen LogP contribution < -0.4 is 5.32 Å². The van der Waals surface area contributed by atoms with E-state index in [9.17, 15) is 4.39 Å². The second kappa shape index (κ2) is 11.2. The minimum absolute atomic E-state index is 0. The highest BCUT2D eigenvalue weighted by molar-refractivity contribution is 14.0. The van der Waals surface area contributed by atoms with Crippen molar-refractivity contribution in [3.05, 3.63) is 35.6 Å². The van der Waals surface area contributed by atoms with Crippen LogP contribution in [0.25, 0.3) is 0 Å². The van der Waals surface area contributed by atoms with Gasteiger partial charge in [-0.2, -0.15) is 0 Å². The monoisotopic (exact) mass is 490 g/mol. The van der Waals surface area contributed by atoms with Crippen molar-refractivity contribution in [2.75, 3.05) is 53.0 Å². The van der Waals surface area contributed by atoms with Gasteiger partial charge in [-0.15, -0.1) is 24.0 Å². The second-order valence-corrected chi connectivity index (χ2v) is 7.34. The van der Waals surface area contributed by atoms with Gasteiger partial charge in [0.2, 0.25) is 0 Å². The van der Waals surface area contributed by atoms with Crippen LogP contribution in [0.2, 0.25) is 0 Å². The number of rotatable bonds is 4. The maximum absolute atomic E-state index is 13.4. The fraction of sp³-hybridized carbons (Fsp3) is 0.650. The molecule has 0 spiro atoms. The van der Waals surface area contributed by atoms with Gasteiger partial charge in [-0.05, 0) is 36.5 Å². The van der Waals surface area contributed by atoms with Crippen LogP contribution in [-0.4, -0.2) is 68.7 Å². The van der Waals surface area contributed by atoms with Crippen molar-refractivity contribution in [3.8, 4) is 0 Å². The Morgan fingerprint density at radius 2 is 1.96 bits per heavy atom. The Kier molecular flexibility index (Phi) is 9.25. The molecule has 3 rings (SSSR count). The summed E-state index contributed by atoms with van der Waals surface area (Å²) in [6.45, 7) is 8.44. The lowest BCUT2D eigenvalue weighted by Gasteiger charge is -2.37. The van der Waals surface area contributed by atoms with E-state index in [-0.39, 0.29) is 35.8 Å². The van der Waals surface area contributed by atoms with E-state index in [0.29, 0.717) is 5.92 Å². The predicted octanol–water partition coefficient (Wildman–Crippen LogP) is 3.12. The zero-order chi connectivity index (χ0) is 18.4. The van der Waals surface area contributed by atoms with Crippen LogP contribution in [0.3, 0.4) is 0 Å². The molecule has 0 amide bonds. The fourth-order valence-electron chi connectivity index (χ4n) is 3.93. The molecule has 1 N–H and O–H groups in total. The highest BCUT2D eigenvalue weighted by Gasteiger charge is 2.25. The second-order valence-electron chi connectivity index (χ2n) is 7.34. The van der Waals surface area contributed by atoms with E-state index in [1.54, 1.807) is 12.1 Å². The maximum Gasteiger partial charge on any atom is 0.193 e. The van der Waals surface area contributed by atoms with Crippen molar-refractivity contribution < 1.29 is 9.13 Å². The molecule has 2 heterocycles. The maximum atomic E-state index is 13.4. The third-order valence-electron chi connectivity index (χ3n) is 5.36. The molecule has 2 saturated heterocycles. The summed E-state index contributed by atoms with van der Waals surface area (Å²) in [6, 6.07) is 7.05. The average molecular weight is 490 g/mol. The third-order valence-corrected chi connectivity index (χ3v) is 5.36. The lowest BCUT2D eigenvalue weighted by molar-refractivity contribution is 0.0168. The van der Waals surface area contributed by atoms with Gasteiger partial charge < -0.3 is 15.0 Å². The summed E-state index contributed by atoms with van der Waals surface area (Å²) in [7, 11) is 1.85.